The lowest BCUT2D eigenvalue weighted by Gasteiger charge is -2.20. The molecule has 1 saturated heterocycles. The summed E-state index contributed by atoms with van der Waals surface area (Å²) in [5, 5.41) is 2.93. The van der Waals surface area contributed by atoms with E-state index in [0.717, 1.165) is 23.3 Å². The molecule has 114 valence electrons. The van der Waals surface area contributed by atoms with E-state index < -0.39 is 0 Å². The molecule has 1 aromatic rings. The van der Waals surface area contributed by atoms with Crippen molar-refractivity contribution in [3.05, 3.63) is 29.3 Å². The predicted molar refractivity (Wildman–Crippen MR) is 80.1 cm³/mol. The average Bonchev–Trinajstić information content (AvgIpc) is 2.84. The lowest BCUT2D eigenvalue weighted by Crippen LogP contribution is -2.38. The fourth-order valence-electron chi connectivity index (χ4n) is 2.60. The van der Waals surface area contributed by atoms with E-state index >= 15 is 0 Å². The highest BCUT2D eigenvalue weighted by Crippen LogP contribution is 2.26. The zero-order valence-corrected chi connectivity index (χ0v) is 12.8. The Morgan fingerprint density at radius 3 is 2.86 bits per heavy atom. The molecule has 2 rings (SSSR count). The van der Waals surface area contributed by atoms with Gasteiger partial charge in [-0.1, -0.05) is 17.7 Å². The van der Waals surface area contributed by atoms with Crippen LogP contribution in [-0.2, 0) is 9.59 Å². The van der Waals surface area contributed by atoms with Crippen molar-refractivity contribution in [2.45, 2.75) is 32.7 Å². The van der Waals surface area contributed by atoms with Gasteiger partial charge in [0, 0.05) is 18.5 Å². The normalized spacial score (nSPS) is 16.0. The Labute approximate surface area is 125 Å². The van der Waals surface area contributed by atoms with Crippen molar-refractivity contribution in [3.63, 3.8) is 0 Å². The average molecular weight is 290 g/mol. The lowest BCUT2D eigenvalue weighted by atomic mass is 10.0. The first-order valence-electron chi connectivity index (χ1n) is 7.23. The molecule has 1 N–H and O–H groups in total. The van der Waals surface area contributed by atoms with E-state index in [9.17, 15) is 9.59 Å². The molecule has 1 aliphatic rings. The van der Waals surface area contributed by atoms with Gasteiger partial charge in [-0.2, -0.15) is 0 Å². The van der Waals surface area contributed by atoms with Crippen LogP contribution in [0.1, 0.15) is 36.9 Å². The third-order valence-corrected chi connectivity index (χ3v) is 3.74. The molecule has 1 aromatic carbocycles. The van der Waals surface area contributed by atoms with Gasteiger partial charge in [0.1, 0.15) is 5.75 Å². The number of carbonyl (C=O) groups is 2. The topological polar surface area (TPSA) is 58.6 Å². The van der Waals surface area contributed by atoms with E-state index in [-0.39, 0.29) is 24.4 Å². The maximum Gasteiger partial charge on any atom is 0.240 e. The Hall–Kier alpha value is -2.04. The molecule has 1 fully saturated rings. The molecular formula is C16H22N2O3. The van der Waals surface area contributed by atoms with Gasteiger partial charge in [0.15, 0.2) is 0 Å². The molecule has 0 saturated carbocycles. The number of nitrogens with zero attached hydrogens (tertiary/aromatic N) is 1. The third kappa shape index (κ3) is 3.74. The third-order valence-electron chi connectivity index (χ3n) is 3.74. The minimum atomic E-state index is -0.162. The van der Waals surface area contributed by atoms with Gasteiger partial charge in [0.2, 0.25) is 11.8 Å². The Morgan fingerprint density at radius 2 is 2.24 bits per heavy atom. The molecule has 2 amide bonds. The van der Waals surface area contributed by atoms with Gasteiger partial charge < -0.3 is 15.0 Å². The first-order valence-corrected chi connectivity index (χ1v) is 7.23. The molecule has 0 radical (unpaired) electrons. The van der Waals surface area contributed by atoms with Crippen LogP contribution < -0.4 is 10.1 Å². The maximum absolute atomic E-state index is 12.1. The number of methoxy groups -OCH3 is 1. The summed E-state index contributed by atoms with van der Waals surface area (Å²) in [6, 6.07) is 5.71. The zero-order valence-electron chi connectivity index (χ0n) is 12.8. The second-order valence-corrected chi connectivity index (χ2v) is 5.45. The van der Waals surface area contributed by atoms with Crippen molar-refractivity contribution in [1.29, 1.82) is 0 Å². The van der Waals surface area contributed by atoms with Crippen molar-refractivity contribution < 1.29 is 14.3 Å². The summed E-state index contributed by atoms with van der Waals surface area (Å²) in [6.45, 7) is 4.73. The van der Waals surface area contributed by atoms with E-state index in [0.29, 0.717) is 13.0 Å². The van der Waals surface area contributed by atoms with Crippen LogP contribution in [0.15, 0.2) is 18.2 Å². The summed E-state index contributed by atoms with van der Waals surface area (Å²) in [4.78, 5) is 25.2. The van der Waals surface area contributed by atoms with Gasteiger partial charge >= 0.3 is 0 Å². The highest BCUT2D eigenvalue weighted by atomic mass is 16.5. The molecule has 1 heterocycles. The van der Waals surface area contributed by atoms with Gasteiger partial charge in [0.05, 0.1) is 19.7 Å². The second kappa shape index (κ2) is 6.61. The second-order valence-electron chi connectivity index (χ2n) is 5.45. The summed E-state index contributed by atoms with van der Waals surface area (Å²) < 4.78 is 5.34. The molecule has 21 heavy (non-hydrogen) atoms. The molecule has 1 atom stereocenters. The monoisotopic (exact) mass is 290 g/mol. The van der Waals surface area contributed by atoms with Crippen LogP contribution in [0.25, 0.3) is 0 Å². The number of nitrogens with one attached hydrogen (secondary N) is 1. The smallest absolute Gasteiger partial charge is 0.240 e. The standard InChI is InChI=1S/C16H22N2O3/c1-11-6-7-14(21-3)13(9-11)12(2)17-15(19)10-18-8-4-5-16(18)20/h6-7,9,12H,4-5,8,10H2,1-3H3,(H,17,19)/t12-/m1/s1. The number of ether oxygens (including phenoxy) is 1. The Bertz CT molecular complexity index is 542. The summed E-state index contributed by atoms with van der Waals surface area (Å²) in [7, 11) is 1.62. The minimum Gasteiger partial charge on any atom is -0.496 e. The van der Waals surface area contributed by atoms with E-state index in [4.69, 9.17) is 4.74 Å². The number of hydrogen-bond acceptors (Lipinski definition) is 3. The van der Waals surface area contributed by atoms with Crippen LogP contribution in [0.5, 0.6) is 5.75 Å². The van der Waals surface area contributed by atoms with Gasteiger partial charge in [-0.3, -0.25) is 9.59 Å². The van der Waals surface area contributed by atoms with Gasteiger partial charge in [-0.25, -0.2) is 0 Å². The molecule has 0 spiro atoms. The van der Waals surface area contributed by atoms with E-state index in [2.05, 4.69) is 5.32 Å². The Morgan fingerprint density at radius 1 is 1.48 bits per heavy atom. The first-order chi connectivity index (χ1) is 10.0. The number of hydrogen-bond donors (Lipinski definition) is 1. The number of aryl methyl sites for hydroxylation is 1. The summed E-state index contributed by atoms with van der Waals surface area (Å²) >= 11 is 0. The van der Waals surface area contributed by atoms with Gasteiger partial charge in [-0.05, 0) is 26.3 Å². The zero-order chi connectivity index (χ0) is 15.4. The number of likely N-dealkylation sites (tertiary alicyclic amines) is 1. The maximum atomic E-state index is 12.1. The van der Waals surface area contributed by atoms with Gasteiger partial charge in [-0.15, -0.1) is 0 Å². The Balaban J connectivity index is 2.00. The number of amides is 2. The largest absolute Gasteiger partial charge is 0.496 e. The SMILES string of the molecule is COc1ccc(C)cc1[C@@H](C)NC(=O)CN1CCCC1=O. The fourth-order valence-corrected chi connectivity index (χ4v) is 2.60. The summed E-state index contributed by atoms with van der Waals surface area (Å²) in [6.07, 6.45) is 1.39. The van der Waals surface area contributed by atoms with Crippen molar-refractivity contribution >= 4 is 11.8 Å². The number of rotatable bonds is 5. The molecule has 0 unspecified atom stereocenters. The highest BCUT2D eigenvalue weighted by molar-refractivity contribution is 5.86. The number of carbonyl (C=O) groups excluding carboxylic acids is 2. The van der Waals surface area contributed by atoms with Crippen LogP contribution in [0.2, 0.25) is 0 Å². The van der Waals surface area contributed by atoms with Crippen LogP contribution in [0.3, 0.4) is 0 Å². The molecular weight excluding hydrogens is 268 g/mol. The predicted octanol–water partition coefficient (Wildman–Crippen LogP) is 1.80. The van der Waals surface area contributed by atoms with Crippen molar-refractivity contribution in [1.82, 2.24) is 10.2 Å². The van der Waals surface area contributed by atoms with Crippen molar-refractivity contribution in [3.8, 4) is 5.75 Å². The van der Waals surface area contributed by atoms with Gasteiger partial charge in [0.25, 0.3) is 0 Å². The van der Waals surface area contributed by atoms with E-state index in [1.54, 1.807) is 12.0 Å². The molecule has 0 aromatic heterocycles. The quantitative estimate of drug-likeness (QED) is 0.899. The van der Waals surface area contributed by atoms with Crippen molar-refractivity contribution in [2.24, 2.45) is 0 Å². The van der Waals surface area contributed by atoms with Crippen LogP contribution in [0.4, 0.5) is 0 Å². The molecule has 0 aliphatic carbocycles. The first kappa shape index (κ1) is 15.4. The van der Waals surface area contributed by atoms with Crippen LogP contribution in [0, 0.1) is 6.92 Å². The highest BCUT2D eigenvalue weighted by Gasteiger charge is 2.23. The molecule has 5 heteroatoms. The summed E-state index contributed by atoms with van der Waals surface area (Å²) in [5.41, 5.74) is 2.06. The minimum absolute atomic E-state index is 0.0611. The van der Waals surface area contributed by atoms with E-state index in [1.807, 2.05) is 32.0 Å². The number of benzene rings is 1. The van der Waals surface area contributed by atoms with Crippen LogP contribution in [-0.4, -0.2) is 36.9 Å². The van der Waals surface area contributed by atoms with E-state index in [1.165, 1.54) is 0 Å². The van der Waals surface area contributed by atoms with Crippen molar-refractivity contribution in [2.75, 3.05) is 20.2 Å². The molecule has 1 aliphatic heterocycles. The Kier molecular flexibility index (Phi) is 4.83. The summed E-state index contributed by atoms with van der Waals surface area (Å²) in [5.74, 6) is 0.679. The molecule has 5 nitrogen and oxygen atoms in total. The lowest BCUT2D eigenvalue weighted by molar-refractivity contribution is -0.133. The molecule has 0 bridgehead atoms. The fraction of sp³-hybridized carbons (Fsp3) is 0.500. The van der Waals surface area contributed by atoms with Crippen LogP contribution >= 0.6 is 0 Å².